The Labute approximate surface area is 147 Å². The zero-order valence-electron chi connectivity index (χ0n) is 15.4. The zero-order valence-corrected chi connectivity index (χ0v) is 15.4. The van der Waals surface area contributed by atoms with Crippen molar-refractivity contribution in [3.05, 3.63) is 29.6 Å². The molecule has 1 aliphatic heterocycles. The van der Waals surface area contributed by atoms with E-state index in [4.69, 9.17) is 0 Å². The van der Waals surface area contributed by atoms with E-state index in [1.54, 1.807) is 0 Å². The average molecular weight is 332 g/mol. The summed E-state index contributed by atoms with van der Waals surface area (Å²) in [5.41, 5.74) is 2.05. The van der Waals surface area contributed by atoms with Crippen molar-refractivity contribution in [2.24, 2.45) is 4.99 Å². The first-order valence-electron chi connectivity index (χ1n) is 9.45. The molecule has 1 fully saturated rings. The van der Waals surface area contributed by atoms with Crippen LogP contribution >= 0.6 is 0 Å². The van der Waals surface area contributed by atoms with Crippen LogP contribution < -0.4 is 10.6 Å². The lowest BCUT2D eigenvalue weighted by molar-refractivity contribution is 0.282. The molecule has 0 saturated carbocycles. The van der Waals surface area contributed by atoms with Gasteiger partial charge in [0, 0.05) is 18.8 Å². The highest BCUT2D eigenvalue weighted by Crippen LogP contribution is 2.09. The van der Waals surface area contributed by atoms with Crippen LogP contribution in [0.4, 0.5) is 0 Å². The number of hydrogen-bond acceptors (Lipinski definition) is 3. The minimum Gasteiger partial charge on any atom is -0.357 e. The number of pyridine rings is 1. The monoisotopic (exact) mass is 331 g/mol. The fourth-order valence-corrected chi connectivity index (χ4v) is 3.06. The molecule has 2 heterocycles. The van der Waals surface area contributed by atoms with Gasteiger partial charge in [-0.1, -0.05) is 18.9 Å². The molecule has 0 amide bonds. The Bertz CT molecular complexity index is 492. The number of nitrogens with zero attached hydrogens (tertiary/aromatic N) is 3. The first-order valence-corrected chi connectivity index (χ1v) is 9.45. The molecule has 0 unspecified atom stereocenters. The molecular formula is C19H33N5. The summed E-state index contributed by atoms with van der Waals surface area (Å²) in [6.45, 7) is 10.3. The molecule has 0 aromatic carbocycles. The Morgan fingerprint density at radius 2 is 1.96 bits per heavy atom. The van der Waals surface area contributed by atoms with Crippen molar-refractivity contribution in [2.75, 3.05) is 32.7 Å². The molecule has 134 valence electrons. The maximum atomic E-state index is 4.64. The molecule has 1 aromatic heterocycles. The third-order valence-corrected chi connectivity index (χ3v) is 4.33. The number of nitrogens with one attached hydrogen (secondary N) is 2. The lowest BCUT2D eigenvalue weighted by Gasteiger charge is -2.20. The van der Waals surface area contributed by atoms with Crippen LogP contribution in [0.25, 0.3) is 0 Å². The zero-order chi connectivity index (χ0) is 17.0. The minimum atomic E-state index is 0.614. The quantitative estimate of drug-likeness (QED) is 0.458. The van der Waals surface area contributed by atoms with Crippen molar-refractivity contribution >= 4 is 5.96 Å². The van der Waals surface area contributed by atoms with Gasteiger partial charge in [0.1, 0.15) is 0 Å². The Kier molecular flexibility index (Phi) is 8.60. The number of aromatic nitrogens is 1. The molecule has 5 nitrogen and oxygen atoms in total. The second kappa shape index (κ2) is 11.0. The van der Waals surface area contributed by atoms with E-state index in [2.05, 4.69) is 32.4 Å². The molecule has 2 N–H and O–H groups in total. The van der Waals surface area contributed by atoms with Crippen LogP contribution in [-0.2, 0) is 6.54 Å². The molecule has 0 spiro atoms. The summed E-state index contributed by atoms with van der Waals surface area (Å²) in [5, 5.41) is 6.76. The summed E-state index contributed by atoms with van der Waals surface area (Å²) in [4.78, 5) is 11.8. The second-order valence-corrected chi connectivity index (χ2v) is 6.50. The van der Waals surface area contributed by atoms with Crippen LogP contribution in [-0.4, -0.2) is 48.6 Å². The molecule has 1 saturated heterocycles. The molecule has 24 heavy (non-hydrogen) atoms. The Morgan fingerprint density at radius 3 is 2.67 bits per heavy atom. The number of likely N-dealkylation sites (tertiary alicyclic amines) is 1. The maximum absolute atomic E-state index is 4.64. The second-order valence-electron chi connectivity index (χ2n) is 6.50. The van der Waals surface area contributed by atoms with Crippen LogP contribution in [0.15, 0.2) is 23.2 Å². The first kappa shape index (κ1) is 18.7. The van der Waals surface area contributed by atoms with E-state index in [-0.39, 0.29) is 0 Å². The van der Waals surface area contributed by atoms with Gasteiger partial charge in [0.15, 0.2) is 5.96 Å². The van der Waals surface area contributed by atoms with Crippen molar-refractivity contribution in [3.63, 3.8) is 0 Å². The Morgan fingerprint density at radius 1 is 1.17 bits per heavy atom. The van der Waals surface area contributed by atoms with Crippen molar-refractivity contribution < 1.29 is 0 Å². The van der Waals surface area contributed by atoms with Gasteiger partial charge in [-0.05, 0) is 64.9 Å². The predicted molar refractivity (Wildman–Crippen MR) is 101 cm³/mol. The maximum Gasteiger partial charge on any atom is 0.191 e. The predicted octanol–water partition coefficient (Wildman–Crippen LogP) is 2.71. The van der Waals surface area contributed by atoms with Gasteiger partial charge >= 0.3 is 0 Å². The van der Waals surface area contributed by atoms with Crippen LogP contribution in [0.3, 0.4) is 0 Å². The number of aliphatic imine (C=N–C) groups is 1. The van der Waals surface area contributed by atoms with Crippen LogP contribution in [0.5, 0.6) is 0 Å². The molecule has 1 aliphatic rings. The highest BCUT2D eigenvalue weighted by molar-refractivity contribution is 5.79. The van der Waals surface area contributed by atoms with Gasteiger partial charge in [-0.25, -0.2) is 4.99 Å². The summed E-state index contributed by atoms with van der Waals surface area (Å²) < 4.78 is 0. The van der Waals surface area contributed by atoms with Gasteiger partial charge in [-0.2, -0.15) is 0 Å². The van der Waals surface area contributed by atoms with Crippen LogP contribution in [0.2, 0.25) is 0 Å². The molecular weight excluding hydrogens is 298 g/mol. The number of aryl methyl sites for hydroxylation is 1. The summed E-state index contributed by atoms with van der Waals surface area (Å²) >= 11 is 0. The molecule has 0 aliphatic carbocycles. The van der Waals surface area contributed by atoms with Crippen LogP contribution in [0.1, 0.15) is 50.4 Å². The molecule has 5 heteroatoms. The summed E-state index contributed by atoms with van der Waals surface area (Å²) in [5.74, 6) is 0.886. The molecule has 0 bridgehead atoms. The number of guanidine groups is 1. The van der Waals surface area contributed by atoms with Crippen molar-refractivity contribution in [3.8, 4) is 0 Å². The van der Waals surface area contributed by atoms with E-state index in [9.17, 15) is 0 Å². The SMILES string of the molecule is CCNC(=NCc1cccc(C)n1)NCCCN1CCCCCC1. The Hall–Kier alpha value is -1.62. The molecule has 0 radical (unpaired) electrons. The summed E-state index contributed by atoms with van der Waals surface area (Å²) in [6.07, 6.45) is 6.69. The van der Waals surface area contributed by atoms with Crippen molar-refractivity contribution in [1.29, 1.82) is 0 Å². The topological polar surface area (TPSA) is 52.6 Å². The van der Waals surface area contributed by atoms with E-state index in [0.717, 1.165) is 36.9 Å². The third-order valence-electron chi connectivity index (χ3n) is 4.33. The Balaban J connectivity index is 1.72. The third kappa shape index (κ3) is 7.30. The highest BCUT2D eigenvalue weighted by Gasteiger charge is 2.08. The fraction of sp³-hybridized carbons (Fsp3) is 0.684. The van der Waals surface area contributed by atoms with Crippen molar-refractivity contribution in [2.45, 2.75) is 52.5 Å². The van der Waals surface area contributed by atoms with Gasteiger partial charge < -0.3 is 15.5 Å². The number of rotatable bonds is 7. The van der Waals surface area contributed by atoms with Gasteiger partial charge in [0.05, 0.1) is 12.2 Å². The van der Waals surface area contributed by atoms with Gasteiger partial charge in [0.25, 0.3) is 0 Å². The number of hydrogen-bond donors (Lipinski definition) is 2. The van der Waals surface area contributed by atoms with E-state index in [0.29, 0.717) is 6.54 Å². The fourth-order valence-electron chi connectivity index (χ4n) is 3.06. The highest BCUT2D eigenvalue weighted by atomic mass is 15.2. The van der Waals surface area contributed by atoms with Crippen molar-refractivity contribution in [1.82, 2.24) is 20.5 Å². The summed E-state index contributed by atoms with van der Waals surface area (Å²) in [6, 6.07) is 6.08. The van der Waals surface area contributed by atoms with E-state index < -0.39 is 0 Å². The van der Waals surface area contributed by atoms with E-state index in [1.807, 2.05) is 25.1 Å². The van der Waals surface area contributed by atoms with Gasteiger partial charge in [-0.3, -0.25) is 4.98 Å². The smallest absolute Gasteiger partial charge is 0.191 e. The normalized spacial score (nSPS) is 16.7. The largest absolute Gasteiger partial charge is 0.357 e. The summed E-state index contributed by atoms with van der Waals surface area (Å²) in [7, 11) is 0. The van der Waals surface area contributed by atoms with E-state index >= 15 is 0 Å². The lowest BCUT2D eigenvalue weighted by atomic mass is 10.2. The van der Waals surface area contributed by atoms with E-state index in [1.165, 1.54) is 45.3 Å². The average Bonchev–Trinajstić information content (AvgIpc) is 2.85. The lowest BCUT2D eigenvalue weighted by Crippen LogP contribution is -2.39. The van der Waals surface area contributed by atoms with Gasteiger partial charge in [-0.15, -0.1) is 0 Å². The standard InChI is InChI=1S/C19H33N5/c1-3-20-19(22-16-18-11-8-10-17(2)23-18)21-12-9-15-24-13-6-4-5-7-14-24/h8,10-11H,3-7,9,12-16H2,1-2H3,(H2,20,21,22). The molecule has 0 atom stereocenters. The molecule has 2 rings (SSSR count). The molecule has 1 aromatic rings. The van der Waals surface area contributed by atoms with Gasteiger partial charge in [0.2, 0.25) is 0 Å². The minimum absolute atomic E-state index is 0.614. The first-order chi connectivity index (χ1) is 11.8. The van der Waals surface area contributed by atoms with Crippen LogP contribution in [0, 0.1) is 6.92 Å².